The highest BCUT2D eigenvalue weighted by Crippen LogP contribution is 2.33. The van der Waals surface area contributed by atoms with Crippen molar-refractivity contribution >= 4 is 23.0 Å². The van der Waals surface area contributed by atoms with Crippen molar-refractivity contribution in [1.82, 2.24) is 4.98 Å². The third kappa shape index (κ3) is 2.81. The van der Waals surface area contributed by atoms with Gasteiger partial charge in [-0.25, -0.2) is 0 Å². The molecule has 0 fully saturated rings. The third-order valence-electron chi connectivity index (χ3n) is 3.70. The predicted molar refractivity (Wildman–Crippen MR) is 84.1 cm³/mol. The molecule has 0 saturated carbocycles. The first-order valence-electron chi connectivity index (χ1n) is 6.96. The monoisotopic (exact) mass is 282 g/mol. The van der Waals surface area contributed by atoms with Crippen molar-refractivity contribution in [3.63, 3.8) is 0 Å². The molecule has 1 aromatic heterocycles. The van der Waals surface area contributed by atoms with Gasteiger partial charge >= 0.3 is 0 Å². The molecular formula is C16H18N4O. The molecular weight excluding hydrogens is 264 g/mol. The Morgan fingerprint density at radius 3 is 3.00 bits per heavy atom. The van der Waals surface area contributed by atoms with Crippen molar-refractivity contribution in [2.45, 2.75) is 19.4 Å². The summed E-state index contributed by atoms with van der Waals surface area (Å²) in [6, 6.07) is 7.86. The van der Waals surface area contributed by atoms with E-state index in [9.17, 15) is 4.79 Å². The van der Waals surface area contributed by atoms with Crippen LogP contribution in [0.15, 0.2) is 36.7 Å². The summed E-state index contributed by atoms with van der Waals surface area (Å²) >= 11 is 0. The van der Waals surface area contributed by atoms with E-state index in [0.717, 1.165) is 34.6 Å². The lowest BCUT2D eigenvalue weighted by Gasteiger charge is -2.25. The first-order valence-corrected chi connectivity index (χ1v) is 6.96. The number of fused-ring (bicyclic) bond motifs is 1. The number of nitrogens with one attached hydrogen (secondary N) is 1. The molecule has 1 aliphatic heterocycles. The number of anilines is 3. The lowest BCUT2D eigenvalue weighted by atomic mass is 10.0. The molecule has 2 heterocycles. The van der Waals surface area contributed by atoms with Crippen LogP contribution in [0.25, 0.3) is 0 Å². The minimum atomic E-state index is 0.0631. The molecule has 1 aliphatic rings. The summed E-state index contributed by atoms with van der Waals surface area (Å²) in [5.74, 6) is 0.0631. The summed E-state index contributed by atoms with van der Waals surface area (Å²) in [5, 5.41) is 2.91. The number of aromatic nitrogens is 1. The van der Waals surface area contributed by atoms with E-state index in [1.807, 2.05) is 37.5 Å². The fourth-order valence-electron chi connectivity index (χ4n) is 2.62. The van der Waals surface area contributed by atoms with Gasteiger partial charge in [0.25, 0.3) is 0 Å². The zero-order valence-corrected chi connectivity index (χ0v) is 12.0. The highest BCUT2D eigenvalue weighted by molar-refractivity contribution is 5.95. The Labute approximate surface area is 123 Å². The van der Waals surface area contributed by atoms with Gasteiger partial charge in [-0.05, 0) is 35.7 Å². The van der Waals surface area contributed by atoms with Gasteiger partial charge < -0.3 is 16.0 Å². The van der Waals surface area contributed by atoms with Crippen LogP contribution in [0.2, 0.25) is 0 Å². The maximum absolute atomic E-state index is 11.5. The Morgan fingerprint density at radius 1 is 1.38 bits per heavy atom. The zero-order valence-electron chi connectivity index (χ0n) is 12.0. The molecule has 3 N–H and O–H groups in total. The largest absolute Gasteiger partial charge is 0.397 e. The number of pyridine rings is 1. The maximum atomic E-state index is 11.5. The zero-order chi connectivity index (χ0) is 14.8. The Hall–Kier alpha value is -2.56. The van der Waals surface area contributed by atoms with Crippen molar-refractivity contribution in [2.24, 2.45) is 0 Å². The number of hydrogen-bond donors (Lipinski definition) is 2. The lowest BCUT2D eigenvalue weighted by molar-refractivity contribution is -0.116. The van der Waals surface area contributed by atoms with Crippen LogP contribution >= 0.6 is 0 Å². The number of nitrogens with zero attached hydrogens (tertiary/aromatic N) is 2. The SMILES string of the molecule is CN(Cc1cccnc1)c1cc2c(cc1N)CCC(=O)N2. The fourth-order valence-corrected chi connectivity index (χ4v) is 2.62. The van der Waals surface area contributed by atoms with Crippen LogP contribution in [0.5, 0.6) is 0 Å². The van der Waals surface area contributed by atoms with Gasteiger partial charge in [0, 0.05) is 38.1 Å². The average molecular weight is 282 g/mol. The standard InChI is InChI=1S/C16H18N4O/c1-20(10-11-3-2-6-18-9-11)15-8-14-12(7-13(15)17)4-5-16(21)19-14/h2-3,6-9H,4-5,10,17H2,1H3,(H,19,21). The number of carbonyl (C=O) groups is 1. The van der Waals surface area contributed by atoms with Gasteiger partial charge in [0.15, 0.2) is 0 Å². The van der Waals surface area contributed by atoms with Crippen LogP contribution < -0.4 is 16.0 Å². The number of nitrogen functional groups attached to an aromatic ring is 1. The van der Waals surface area contributed by atoms with Gasteiger partial charge in [-0.3, -0.25) is 9.78 Å². The Kier molecular flexibility index (Phi) is 3.48. The van der Waals surface area contributed by atoms with E-state index in [1.54, 1.807) is 6.20 Å². The number of amides is 1. The Balaban J connectivity index is 1.87. The summed E-state index contributed by atoms with van der Waals surface area (Å²) in [5.41, 5.74) is 10.9. The summed E-state index contributed by atoms with van der Waals surface area (Å²) in [6.07, 6.45) is 4.87. The number of nitrogens with two attached hydrogens (primary N) is 1. The number of rotatable bonds is 3. The number of carbonyl (C=O) groups excluding carboxylic acids is 1. The quantitative estimate of drug-likeness (QED) is 0.846. The topological polar surface area (TPSA) is 71.2 Å². The van der Waals surface area contributed by atoms with E-state index in [4.69, 9.17) is 5.73 Å². The van der Waals surface area contributed by atoms with Crippen molar-refractivity contribution in [3.05, 3.63) is 47.8 Å². The molecule has 108 valence electrons. The molecule has 3 rings (SSSR count). The van der Waals surface area contributed by atoms with E-state index < -0.39 is 0 Å². The number of benzene rings is 1. The predicted octanol–water partition coefficient (Wildman–Crippen LogP) is 2.18. The van der Waals surface area contributed by atoms with Gasteiger partial charge in [0.1, 0.15) is 0 Å². The second-order valence-electron chi connectivity index (χ2n) is 5.33. The van der Waals surface area contributed by atoms with Crippen LogP contribution in [-0.2, 0) is 17.8 Å². The second kappa shape index (κ2) is 5.44. The molecule has 0 saturated heterocycles. The minimum Gasteiger partial charge on any atom is -0.397 e. The van der Waals surface area contributed by atoms with Crippen molar-refractivity contribution in [2.75, 3.05) is 23.0 Å². The number of hydrogen-bond acceptors (Lipinski definition) is 4. The fraction of sp³-hybridized carbons (Fsp3) is 0.250. The first-order chi connectivity index (χ1) is 10.1. The van der Waals surface area contributed by atoms with E-state index in [-0.39, 0.29) is 5.91 Å². The van der Waals surface area contributed by atoms with Gasteiger partial charge in [-0.1, -0.05) is 6.07 Å². The van der Waals surface area contributed by atoms with Crippen LogP contribution in [-0.4, -0.2) is 17.9 Å². The van der Waals surface area contributed by atoms with E-state index >= 15 is 0 Å². The van der Waals surface area contributed by atoms with Gasteiger partial charge in [0.05, 0.1) is 11.4 Å². The second-order valence-corrected chi connectivity index (χ2v) is 5.33. The first kappa shape index (κ1) is 13.4. The smallest absolute Gasteiger partial charge is 0.224 e. The summed E-state index contributed by atoms with van der Waals surface area (Å²) < 4.78 is 0. The van der Waals surface area contributed by atoms with Crippen molar-refractivity contribution < 1.29 is 4.79 Å². The van der Waals surface area contributed by atoms with Crippen molar-refractivity contribution in [1.29, 1.82) is 0 Å². The average Bonchev–Trinajstić information content (AvgIpc) is 2.48. The minimum absolute atomic E-state index is 0.0631. The van der Waals surface area contributed by atoms with Crippen molar-refractivity contribution in [3.8, 4) is 0 Å². The molecule has 2 aromatic rings. The van der Waals surface area contributed by atoms with Crippen LogP contribution in [0.3, 0.4) is 0 Å². The Morgan fingerprint density at radius 2 is 2.24 bits per heavy atom. The molecule has 5 heteroatoms. The van der Waals surface area contributed by atoms with Crippen LogP contribution in [0, 0.1) is 0 Å². The highest BCUT2D eigenvalue weighted by atomic mass is 16.1. The Bertz CT molecular complexity index is 669. The van der Waals surface area contributed by atoms with E-state index in [0.29, 0.717) is 13.0 Å². The van der Waals surface area contributed by atoms with Gasteiger partial charge in [0.2, 0.25) is 5.91 Å². The van der Waals surface area contributed by atoms with Gasteiger partial charge in [-0.15, -0.1) is 0 Å². The molecule has 0 aliphatic carbocycles. The molecule has 21 heavy (non-hydrogen) atoms. The van der Waals surface area contributed by atoms with Crippen LogP contribution in [0.4, 0.5) is 17.1 Å². The molecule has 1 aromatic carbocycles. The van der Waals surface area contributed by atoms with E-state index in [2.05, 4.69) is 15.2 Å². The summed E-state index contributed by atoms with van der Waals surface area (Å²) in [4.78, 5) is 17.7. The highest BCUT2D eigenvalue weighted by Gasteiger charge is 2.18. The van der Waals surface area contributed by atoms with E-state index in [1.165, 1.54) is 0 Å². The number of aryl methyl sites for hydroxylation is 1. The third-order valence-corrected chi connectivity index (χ3v) is 3.70. The van der Waals surface area contributed by atoms with Crippen LogP contribution in [0.1, 0.15) is 17.5 Å². The molecule has 1 amide bonds. The molecule has 0 atom stereocenters. The molecule has 5 nitrogen and oxygen atoms in total. The molecule has 0 radical (unpaired) electrons. The molecule has 0 unspecified atom stereocenters. The normalized spacial score (nSPS) is 13.5. The summed E-state index contributed by atoms with van der Waals surface area (Å²) in [7, 11) is 1.98. The molecule has 0 bridgehead atoms. The summed E-state index contributed by atoms with van der Waals surface area (Å²) in [6.45, 7) is 0.713. The van der Waals surface area contributed by atoms with Gasteiger partial charge in [-0.2, -0.15) is 0 Å². The molecule has 0 spiro atoms. The maximum Gasteiger partial charge on any atom is 0.224 e. The lowest BCUT2D eigenvalue weighted by Crippen LogP contribution is -2.22.